The second-order valence-electron chi connectivity index (χ2n) is 9.79. The Balaban J connectivity index is 1.86. The maximum absolute atomic E-state index is 13.4. The molecule has 0 radical (unpaired) electrons. The zero-order chi connectivity index (χ0) is 24.6. The van der Waals surface area contributed by atoms with Gasteiger partial charge in [0.25, 0.3) is 5.69 Å². The van der Waals surface area contributed by atoms with E-state index in [0.717, 1.165) is 57.2 Å². The molecular weight excluding hydrogens is 424 g/mol. The molecule has 5 nitrogen and oxygen atoms in total. The highest BCUT2D eigenvalue weighted by atomic mass is 16.6. The monoisotopic (exact) mass is 468 g/mol. The Kier molecular flexibility index (Phi) is 13.4. The van der Waals surface area contributed by atoms with Crippen LogP contribution in [0.2, 0.25) is 0 Å². The van der Waals surface area contributed by atoms with Crippen molar-refractivity contribution in [3.8, 4) is 12.3 Å². The van der Waals surface area contributed by atoms with Crippen LogP contribution in [0.5, 0.6) is 0 Å². The normalized spacial score (nSPS) is 14.5. The average molecular weight is 469 g/mol. The smallest absolute Gasteiger partial charge is 0.285 e. The first-order valence-electron chi connectivity index (χ1n) is 13.6. The van der Waals surface area contributed by atoms with Crippen LogP contribution in [0.1, 0.15) is 127 Å². The standard InChI is InChI=1S/C29H44N2O3/c1-3-5-6-7-8-9-10-11-12-13-14-16-19-27(29(32)30-22-17-15-18-23-30)26-21-20-25(4-2)28(24-26)31(33)34/h2,20-21,24,27H,3,5-19,22-23H2,1H3. The lowest BCUT2D eigenvalue weighted by molar-refractivity contribution is -0.385. The Morgan fingerprint density at radius 1 is 0.971 bits per heavy atom. The van der Waals surface area contributed by atoms with Gasteiger partial charge in [-0.15, -0.1) is 6.42 Å². The Labute approximate surface area is 206 Å². The van der Waals surface area contributed by atoms with Crippen LogP contribution < -0.4 is 0 Å². The van der Waals surface area contributed by atoms with Crippen molar-refractivity contribution in [1.82, 2.24) is 4.90 Å². The van der Waals surface area contributed by atoms with E-state index in [0.29, 0.717) is 0 Å². The largest absolute Gasteiger partial charge is 0.342 e. The minimum atomic E-state index is -0.440. The van der Waals surface area contributed by atoms with E-state index >= 15 is 0 Å². The van der Waals surface area contributed by atoms with E-state index in [4.69, 9.17) is 6.42 Å². The second kappa shape index (κ2) is 16.3. The number of carbonyl (C=O) groups is 1. The van der Waals surface area contributed by atoms with E-state index < -0.39 is 4.92 Å². The van der Waals surface area contributed by atoms with Crippen molar-refractivity contribution in [1.29, 1.82) is 0 Å². The molecule has 1 aliphatic rings. The lowest BCUT2D eigenvalue weighted by atomic mass is 9.89. The van der Waals surface area contributed by atoms with Crippen LogP contribution in [0, 0.1) is 22.5 Å². The Morgan fingerprint density at radius 2 is 1.53 bits per heavy atom. The molecule has 0 aromatic heterocycles. The first-order valence-corrected chi connectivity index (χ1v) is 13.6. The van der Waals surface area contributed by atoms with Crippen LogP contribution in [0.25, 0.3) is 0 Å². The second-order valence-corrected chi connectivity index (χ2v) is 9.79. The molecule has 1 atom stereocenters. The van der Waals surface area contributed by atoms with Gasteiger partial charge >= 0.3 is 0 Å². The number of benzene rings is 1. The highest BCUT2D eigenvalue weighted by Gasteiger charge is 2.28. The third kappa shape index (κ3) is 9.49. The van der Waals surface area contributed by atoms with Crippen molar-refractivity contribution in [3.63, 3.8) is 0 Å². The fraction of sp³-hybridized carbons (Fsp3) is 0.690. The molecule has 0 N–H and O–H groups in total. The minimum Gasteiger partial charge on any atom is -0.342 e. The lowest BCUT2D eigenvalue weighted by Gasteiger charge is -2.30. The number of nitro benzene ring substituents is 1. The van der Waals surface area contributed by atoms with Crippen LogP contribution in [0.15, 0.2) is 18.2 Å². The number of rotatable bonds is 16. The SMILES string of the molecule is C#Cc1ccc(C(CCCCCCCCCCCCCC)C(=O)N2CCCCC2)cc1[N+](=O)[O-]. The van der Waals surface area contributed by atoms with Gasteiger partial charge in [0.1, 0.15) is 5.56 Å². The van der Waals surface area contributed by atoms with E-state index in [1.807, 2.05) is 11.0 Å². The van der Waals surface area contributed by atoms with Gasteiger partial charge in [-0.05, 0) is 37.3 Å². The van der Waals surface area contributed by atoms with Crippen molar-refractivity contribution in [2.45, 2.75) is 116 Å². The molecule has 1 amide bonds. The molecule has 1 saturated heterocycles. The van der Waals surface area contributed by atoms with E-state index in [-0.39, 0.29) is 23.1 Å². The summed E-state index contributed by atoms with van der Waals surface area (Å²) in [7, 11) is 0. The Bertz CT molecular complexity index is 793. The number of hydrogen-bond acceptors (Lipinski definition) is 3. The summed E-state index contributed by atoms with van der Waals surface area (Å²) in [5.74, 6) is 2.18. The number of unbranched alkanes of at least 4 members (excludes halogenated alkanes) is 11. The van der Waals surface area contributed by atoms with E-state index in [2.05, 4.69) is 12.8 Å². The molecule has 5 heteroatoms. The van der Waals surface area contributed by atoms with Gasteiger partial charge in [-0.1, -0.05) is 96.0 Å². The molecule has 188 valence electrons. The summed E-state index contributed by atoms with van der Waals surface area (Å²) in [4.78, 5) is 26.4. The summed E-state index contributed by atoms with van der Waals surface area (Å²) < 4.78 is 0. The van der Waals surface area contributed by atoms with Crippen molar-refractivity contribution < 1.29 is 9.72 Å². The van der Waals surface area contributed by atoms with Crippen LogP contribution in [-0.2, 0) is 4.79 Å². The predicted molar refractivity (Wildman–Crippen MR) is 140 cm³/mol. The van der Waals surface area contributed by atoms with Crippen molar-refractivity contribution in [2.24, 2.45) is 0 Å². The molecule has 0 saturated carbocycles. The number of likely N-dealkylation sites (tertiary alicyclic amines) is 1. The van der Waals surface area contributed by atoms with Crippen LogP contribution in [-0.4, -0.2) is 28.8 Å². The summed E-state index contributed by atoms with van der Waals surface area (Å²) in [5, 5.41) is 11.5. The Morgan fingerprint density at radius 3 is 2.06 bits per heavy atom. The quantitative estimate of drug-likeness (QED) is 0.108. The molecule has 1 aliphatic heterocycles. The molecule has 0 spiro atoms. The molecular formula is C29H44N2O3. The van der Waals surface area contributed by atoms with Gasteiger partial charge in [0.2, 0.25) is 5.91 Å². The fourth-order valence-electron chi connectivity index (χ4n) is 5.00. The number of hydrogen-bond donors (Lipinski definition) is 0. The molecule has 0 aliphatic carbocycles. The van der Waals surface area contributed by atoms with Gasteiger partial charge in [0, 0.05) is 19.2 Å². The maximum atomic E-state index is 13.4. The predicted octanol–water partition coefficient (Wildman–Crippen LogP) is 7.76. The highest BCUT2D eigenvalue weighted by molar-refractivity contribution is 5.84. The Hall–Kier alpha value is -2.35. The fourth-order valence-corrected chi connectivity index (χ4v) is 5.00. The van der Waals surface area contributed by atoms with Gasteiger partial charge in [0.15, 0.2) is 0 Å². The summed E-state index contributed by atoms with van der Waals surface area (Å²) >= 11 is 0. The summed E-state index contributed by atoms with van der Waals surface area (Å²) in [5.41, 5.74) is 0.916. The van der Waals surface area contributed by atoms with Gasteiger partial charge in [-0.25, -0.2) is 0 Å². The number of nitrogens with zero attached hydrogens (tertiary/aromatic N) is 2. The van der Waals surface area contributed by atoms with Crippen LogP contribution in [0.4, 0.5) is 5.69 Å². The summed E-state index contributed by atoms with van der Waals surface area (Å²) in [6.45, 7) is 3.83. The third-order valence-electron chi connectivity index (χ3n) is 7.09. The summed E-state index contributed by atoms with van der Waals surface area (Å²) in [6.07, 6.45) is 24.7. The topological polar surface area (TPSA) is 63.5 Å². The number of terminal acetylenes is 1. The zero-order valence-corrected chi connectivity index (χ0v) is 21.2. The molecule has 1 heterocycles. The molecule has 1 aromatic rings. The van der Waals surface area contributed by atoms with Crippen LogP contribution >= 0.6 is 0 Å². The van der Waals surface area contributed by atoms with Gasteiger partial charge < -0.3 is 4.90 Å². The number of amides is 1. The maximum Gasteiger partial charge on any atom is 0.285 e. The number of nitro groups is 1. The van der Waals surface area contributed by atoms with Crippen molar-refractivity contribution >= 4 is 11.6 Å². The van der Waals surface area contributed by atoms with Crippen LogP contribution in [0.3, 0.4) is 0 Å². The molecule has 2 rings (SSSR count). The highest BCUT2D eigenvalue weighted by Crippen LogP contribution is 2.31. The average Bonchev–Trinajstić information content (AvgIpc) is 2.86. The molecule has 34 heavy (non-hydrogen) atoms. The molecule has 0 bridgehead atoms. The van der Waals surface area contributed by atoms with Gasteiger partial charge in [0.05, 0.1) is 10.8 Å². The van der Waals surface area contributed by atoms with Gasteiger partial charge in [-0.2, -0.15) is 0 Å². The van der Waals surface area contributed by atoms with E-state index in [1.54, 1.807) is 6.07 Å². The molecule has 1 aromatic carbocycles. The van der Waals surface area contributed by atoms with Gasteiger partial charge in [-0.3, -0.25) is 14.9 Å². The molecule has 1 unspecified atom stereocenters. The number of carbonyl (C=O) groups excluding carboxylic acids is 1. The van der Waals surface area contributed by atoms with Crippen molar-refractivity contribution in [2.75, 3.05) is 13.1 Å². The van der Waals surface area contributed by atoms with E-state index in [9.17, 15) is 14.9 Å². The molecule has 1 fully saturated rings. The summed E-state index contributed by atoms with van der Waals surface area (Å²) in [6, 6.07) is 4.96. The zero-order valence-electron chi connectivity index (χ0n) is 21.2. The third-order valence-corrected chi connectivity index (χ3v) is 7.09. The van der Waals surface area contributed by atoms with Crippen molar-refractivity contribution in [3.05, 3.63) is 39.4 Å². The number of piperidine rings is 1. The first kappa shape index (κ1) is 27.9. The first-order chi connectivity index (χ1) is 16.6. The minimum absolute atomic E-state index is 0.0776. The lowest BCUT2D eigenvalue weighted by Crippen LogP contribution is -2.39. The van der Waals surface area contributed by atoms with E-state index in [1.165, 1.54) is 70.3 Å².